The Morgan fingerprint density at radius 1 is 1.00 bits per heavy atom. The van der Waals surface area contributed by atoms with E-state index in [0.717, 1.165) is 11.1 Å². The first-order valence-electron chi connectivity index (χ1n) is 5.24. The summed E-state index contributed by atoms with van der Waals surface area (Å²) in [6.07, 6.45) is 0. The van der Waals surface area contributed by atoms with Gasteiger partial charge in [0.1, 0.15) is 0 Å². The fourth-order valence-corrected chi connectivity index (χ4v) is 1.72. The molecule has 0 aliphatic heterocycles. The lowest BCUT2D eigenvalue weighted by atomic mass is 10.1. The maximum atomic E-state index is 6.11. The number of isothiocyanates is 1. The monoisotopic (exact) mass is 269 g/mol. The zero-order valence-electron chi connectivity index (χ0n) is 9.35. The van der Waals surface area contributed by atoms with Crippen LogP contribution in [0.1, 0.15) is 11.1 Å². The van der Waals surface area contributed by atoms with E-state index in [1.165, 1.54) is 0 Å². The van der Waals surface area contributed by atoms with E-state index in [9.17, 15) is 0 Å². The lowest BCUT2D eigenvalue weighted by Crippen LogP contribution is -1.77. The molecule has 0 aliphatic carbocycles. The van der Waals surface area contributed by atoms with E-state index in [-0.39, 0.29) is 0 Å². The van der Waals surface area contributed by atoms with Gasteiger partial charge in [-0.2, -0.15) is 4.99 Å². The summed E-state index contributed by atoms with van der Waals surface area (Å²) in [5.74, 6) is 6.08. The molecule has 0 amide bonds. The van der Waals surface area contributed by atoms with Crippen molar-refractivity contribution in [3.63, 3.8) is 0 Å². The fraction of sp³-hybridized carbons (Fsp3) is 0. The number of nitrogens with zero attached hydrogens (tertiary/aromatic N) is 1. The van der Waals surface area contributed by atoms with Crippen LogP contribution < -0.4 is 0 Å². The molecular formula is C15H8ClNS. The highest BCUT2D eigenvalue weighted by molar-refractivity contribution is 7.78. The Bertz CT molecular complexity index is 662. The molecule has 0 spiro atoms. The second-order valence-corrected chi connectivity index (χ2v) is 4.07. The molecule has 0 bridgehead atoms. The number of thiocarbonyl (C=S) groups is 1. The molecular weight excluding hydrogens is 262 g/mol. The molecule has 86 valence electrons. The third kappa shape index (κ3) is 3.29. The zero-order chi connectivity index (χ0) is 12.8. The van der Waals surface area contributed by atoms with E-state index in [0.29, 0.717) is 10.7 Å². The Balaban J connectivity index is 2.31. The molecule has 2 aromatic rings. The number of halogens is 1. The van der Waals surface area contributed by atoms with Gasteiger partial charge in [-0.15, -0.1) is 0 Å². The average molecular weight is 270 g/mol. The van der Waals surface area contributed by atoms with E-state index in [1.807, 2.05) is 36.4 Å². The highest BCUT2D eigenvalue weighted by Crippen LogP contribution is 2.21. The van der Waals surface area contributed by atoms with Gasteiger partial charge < -0.3 is 0 Å². The number of hydrogen-bond acceptors (Lipinski definition) is 2. The van der Waals surface area contributed by atoms with Crippen molar-refractivity contribution in [2.24, 2.45) is 4.99 Å². The van der Waals surface area contributed by atoms with Crippen LogP contribution >= 0.6 is 23.8 Å². The van der Waals surface area contributed by atoms with Crippen LogP contribution in [0.15, 0.2) is 53.5 Å². The van der Waals surface area contributed by atoms with Crippen molar-refractivity contribution in [1.82, 2.24) is 0 Å². The smallest absolute Gasteiger partial charge is 0.0755 e. The number of hydrogen-bond donors (Lipinski definition) is 0. The molecule has 0 aromatic heterocycles. The van der Waals surface area contributed by atoms with Gasteiger partial charge in [0.05, 0.1) is 15.9 Å². The summed E-state index contributed by atoms with van der Waals surface area (Å²) in [5.41, 5.74) is 2.40. The average Bonchev–Trinajstić information content (AvgIpc) is 2.39. The Morgan fingerprint density at radius 3 is 2.44 bits per heavy atom. The molecule has 0 aliphatic rings. The highest BCUT2D eigenvalue weighted by Gasteiger charge is 1.98. The molecule has 18 heavy (non-hydrogen) atoms. The van der Waals surface area contributed by atoms with Crippen LogP contribution in [0, 0.1) is 11.8 Å². The van der Waals surface area contributed by atoms with Gasteiger partial charge in [0, 0.05) is 11.1 Å². The Labute approximate surface area is 116 Å². The third-order valence-corrected chi connectivity index (χ3v) is 2.65. The first kappa shape index (κ1) is 12.5. The van der Waals surface area contributed by atoms with Crippen LogP contribution in [0.2, 0.25) is 5.02 Å². The number of benzene rings is 2. The van der Waals surface area contributed by atoms with Crippen molar-refractivity contribution in [2.75, 3.05) is 0 Å². The topological polar surface area (TPSA) is 12.4 Å². The van der Waals surface area contributed by atoms with Crippen molar-refractivity contribution >= 4 is 34.7 Å². The zero-order valence-corrected chi connectivity index (χ0v) is 10.9. The van der Waals surface area contributed by atoms with Gasteiger partial charge in [0.15, 0.2) is 0 Å². The minimum atomic E-state index is 0.560. The predicted molar refractivity (Wildman–Crippen MR) is 78.6 cm³/mol. The molecule has 2 aromatic carbocycles. The van der Waals surface area contributed by atoms with E-state index in [2.05, 4.69) is 34.2 Å². The van der Waals surface area contributed by atoms with E-state index in [4.69, 9.17) is 11.6 Å². The van der Waals surface area contributed by atoms with Crippen molar-refractivity contribution in [1.29, 1.82) is 0 Å². The van der Waals surface area contributed by atoms with Crippen molar-refractivity contribution in [3.05, 3.63) is 64.7 Å². The van der Waals surface area contributed by atoms with Crippen LogP contribution in [0.25, 0.3) is 0 Å². The van der Waals surface area contributed by atoms with Gasteiger partial charge in [0.25, 0.3) is 0 Å². The first-order valence-corrected chi connectivity index (χ1v) is 6.03. The summed E-state index contributed by atoms with van der Waals surface area (Å²) in [6, 6.07) is 15.1. The van der Waals surface area contributed by atoms with Gasteiger partial charge in [-0.1, -0.05) is 41.6 Å². The molecule has 0 unspecified atom stereocenters. The van der Waals surface area contributed by atoms with Crippen LogP contribution in [-0.4, -0.2) is 5.16 Å². The van der Waals surface area contributed by atoms with Gasteiger partial charge in [-0.3, -0.25) is 0 Å². The summed E-state index contributed by atoms with van der Waals surface area (Å²) >= 11 is 10.6. The van der Waals surface area contributed by atoms with E-state index in [1.54, 1.807) is 12.1 Å². The quantitative estimate of drug-likeness (QED) is 0.423. The number of rotatable bonds is 1. The standard InChI is InChI=1S/C15H8ClNS/c16-15-10-14(17-11-18)9-8-13(15)7-6-12-4-2-1-3-5-12/h1-5,8-10H. The molecule has 0 saturated carbocycles. The van der Waals surface area contributed by atoms with Crippen LogP contribution in [0.3, 0.4) is 0 Å². The minimum Gasteiger partial charge on any atom is -0.195 e. The van der Waals surface area contributed by atoms with E-state index < -0.39 is 0 Å². The highest BCUT2D eigenvalue weighted by atomic mass is 35.5. The molecule has 0 fully saturated rings. The van der Waals surface area contributed by atoms with E-state index >= 15 is 0 Å². The molecule has 0 N–H and O–H groups in total. The molecule has 0 radical (unpaired) electrons. The van der Waals surface area contributed by atoms with Crippen LogP contribution in [0.4, 0.5) is 5.69 Å². The maximum absolute atomic E-state index is 6.11. The van der Waals surface area contributed by atoms with Gasteiger partial charge in [0.2, 0.25) is 0 Å². The van der Waals surface area contributed by atoms with Crippen molar-refractivity contribution in [2.45, 2.75) is 0 Å². The van der Waals surface area contributed by atoms with Crippen molar-refractivity contribution in [3.8, 4) is 11.8 Å². The Morgan fingerprint density at radius 2 is 1.78 bits per heavy atom. The van der Waals surface area contributed by atoms with Gasteiger partial charge in [-0.25, -0.2) is 0 Å². The summed E-state index contributed by atoms with van der Waals surface area (Å²) < 4.78 is 0. The van der Waals surface area contributed by atoms with Crippen molar-refractivity contribution < 1.29 is 0 Å². The van der Waals surface area contributed by atoms with Gasteiger partial charge >= 0.3 is 0 Å². The largest absolute Gasteiger partial charge is 0.195 e. The molecule has 1 nitrogen and oxygen atoms in total. The third-order valence-electron chi connectivity index (χ3n) is 2.24. The lowest BCUT2D eigenvalue weighted by molar-refractivity contribution is 1.53. The fourth-order valence-electron chi connectivity index (χ4n) is 1.39. The SMILES string of the molecule is S=C=Nc1ccc(C#Cc2ccccc2)c(Cl)c1. The summed E-state index contributed by atoms with van der Waals surface area (Å²) in [7, 11) is 0. The van der Waals surface area contributed by atoms with Crippen LogP contribution in [-0.2, 0) is 0 Å². The minimum absolute atomic E-state index is 0.560. The second-order valence-electron chi connectivity index (χ2n) is 3.48. The molecule has 0 heterocycles. The normalized spacial score (nSPS) is 8.94. The Kier molecular flexibility index (Phi) is 4.28. The van der Waals surface area contributed by atoms with Crippen LogP contribution in [0.5, 0.6) is 0 Å². The molecule has 0 atom stereocenters. The first-order chi connectivity index (χ1) is 8.79. The molecule has 3 heteroatoms. The van der Waals surface area contributed by atoms with Gasteiger partial charge in [-0.05, 0) is 42.5 Å². The molecule has 0 saturated heterocycles. The Hall–Kier alpha value is -1.91. The maximum Gasteiger partial charge on any atom is 0.0755 e. The second kappa shape index (κ2) is 6.14. The summed E-state index contributed by atoms with van der Waals surface area (Å²) in [6.45, 7) is 0. The summed E-state index contributed by atoms with van der Waals surface area (Å²) in [5, 5.41) is 2.86. The summed E-state index contributed by atoms with van der Waals surface area (Å²) in [4.78, 5) is 3.86. The lowest BCUT2D eigenvalue weighted by Gasteiger charge is -1.96. The predicted octanol–water partition coefficient (Wildman–Crippen LogP) is 4.47. The number of aliphatic imine (C=N–C) groups is 1. The molecule has 2 rings (SSSR count).